The molecular formula is C32H19N5. The van der Waals surface area contributed by atoms with Crippen LogP contribution in [0.4, 0.5) is 17.3 Å². The van der Waals surface area contributed by atoms with Gasteiger partial charge in [-0.15, -0.1) is 0 Å². The lowest BCUT2D eigenvalue weighted by Crippen LogP contribution is -2.19. The van der Waals surface area contributed by atoms with E-state index in [0.29, 0.717) is 5.82 Å². The Morgan fingerprint density at radius 3 is 2.08 bits per heavy atom. The fourth-order valence-electron chi connectivity index (χ4n) is 5.39. The van der Waals surface area contributed by atoms with Crippen molar-refractivity contribution in [1.82, 2.24) is 19.9 Å². The van der Waals surface area contributed by atoms with Gasteiger partial charge < -0.3 is 0 Å². The van der Waals surface area contributed by atoms with Gasteiger partial charge in [0.1, 0.15) is 5.82 Å². The molecule has 1 aliphatic rings. The van der Waals surface area contributed by atoms with Gasteiger partial charge in [0.15, 0.2) is 11.6 Å². The molecule has 0 atom stereocenters. The summed E-state index contributed by atoms with van der Waals surface area (Å²) in [7, 11) is 0. The van der Waals surface area contributed by atoms with E-state index >= 15 is 0 Å². The second kappa shape index (κ2) is 7.67. The monoisotopic (exact) mass is 473 g/mol. The Morgan fingerprint density at radius 1 is 0.514 bits per heavy atom. The van der Waals surface area contributed by atoms with E-state index < -0.39 is 0 Å². The van der Waals surface area contributed by atoms with Gasteiger partial charge in [0.25, 0.3) is 0 Å². The van der Waals surface area contributed by atoms with Crippen molar-refractivity contribution in [3.8, 4) is 22.6 Å². The molecule has 4 aromatic carbocycles. The number of aromatic nitrogens is 4. The molecule has 0 saturated carbocycles. The van der Waals surface area contributed by atoms with Crippen molar-refractivity contribution in [3.05, 3.63) is 115 Å². The fraction of sp³-hybridized carbons (Fsp3) is 0. The number of hydrogen-bond acceptors (Lipinski definition) is 5. The summed E-state index contributed by atoms with van der Waals surface area (Å²) in [5, 5.41) is 4.24. The van der Waals surface area contributed by atoms with Crippen LogP contribution in [-0.2, 0) is 0 Å². The first-order valence-corrected chi connectivity index (χ1v) is 12.3. The molecule has 5 heteroatoms. The predicted molar refractivity (Wildman–Crippen MR) is 149 cm³/mol. The minimum absolute atomic E-state index is 0.681. The average Bonchev–Trinajstić information content (AvgIpc) is 2.97. The summed E-state index contributed by atoms with van der Waals surface area (Å²) in [6.45, 7) is 0. The smallest absolute Gasteiger partial charge is 0.162 e. The van der Waals surface area contributed by atoms with Gasteiger partial charge in [-0.1, -0.05) is 78.9 Å². The molecule has 0 aliphatic carbocycles. The van der Waals surface area contributed by atoms with E-state index in [1.807, 2.05) is 60.8 Å². The third-order valence-corrected chi connectivity index (χ3v) is 7.03. The molecule has 0 bridgehead atoms. The van der Waals surface area contributed by atoms with Gasteiger partial charge in [0, 0.05) is 28.1 Å². The summed E-state index contributed by atoms with van der Waals surface area (Å²) in [6.07, 6.45) is 1.90. The molecule has 4 heterocycles. The summed E-state index contributed by atoms with van der Waals surface area (Å²) in [4.78, 5) is 22.4. The number of anilines is 3. The zero-order chi connectivity index (χ0) is 24.3. The minimum Gasteiger partial charge on any atom is -0.277 e. The zero-order valence-electron chi connectivity index (χ0n) is 19.7. The molecule has 0 spiro atoms. The molecule has 172 valence electrons. The van der Waals surface area contributed by atoms with E-state index in [9.17, 15) is 0 Å². The van der Waals surface area contributed by atoms with Gasteiger partial charge in [-0.3, -0.25) is 9.88 Å². The Kier molecular flexibility index (Phi) is 4.16. The highest BCUT2D eigenvalue weighted by molar-refractivity contribution is 6.19. The van der Waals surface area contributed by atoms with Crippen molar-refractivity contribution in [3.63, 3.8) is 0 Å². The summed E-state index contributed by atoms with van der Waals surface area (Å²) < 4.78 is 0. The highest BCUT2D eigenvalue weighted by Crippen LogP contribution is 2.51. The molecule has 0 radical (unpaired) electrons. The number of rotatable bonds is 2. The van der Waals surface area contributed by atoms with E-state index in [1.54, 1.807) is 0 Å². The molecule has 8 rings (SSSR count). The standard InChI is InChI=1S/C32H19N5/c1-2-10-20(11-3-1)30-34-26-16-8-5-13-23(26)31(36-30)37-27-17-9-6-14-24(27)29-28-22(18-19-33-29)21-12-4-7-15-25(21)35-32(28)37/h1-19H. The van der Waals surface area contributed by atoms with Gasteiger partial charge in [0.2, 0.25) is 0 Å². The van der Waals surface area contributed by atoms with Crippen LogP contribution < -0.4 is 4.90 Å². The number of hydrogen-bond donors (Lipinski definition) is 0. The van der Waals surface area contributed by atoms with Gasteiger partial charge in [-0.25, -0.2) is 15.0 Å². The molecule has 0 N–H and O–H groups in total. The molecular weight excluding hydrogens is 454 g/mol. The molecule has 1 aliphatic heterocycles. The number of para-hydroxylation sites is 3. The minimum atomic E-state index is 0.681. The number of nitrogens with zero attached hydrogens (tertiary/aromatic N) is 5. The second-order valence-electron chi connectivity index (χ2n) is 9.14. The number of fused-ring (bicyclic) bond motifs is 5. The van der Waals surface area contributed by atoms with E-state index in [2.05, 4.69) is 59.5 Å². The molecule has 0 unspecified atom stereocenters. The van der Waals surface area contributed by atoms with Gasteiger partial charge in [-0.2, -0.15) is 0 Å². The first kappa shape index (κ1) is 20.1. The topological polar surface area (TPSA) is 54.8 Å². The maximum atomic E-state index is 5.23. The Balaban J connectivity index is 1.54. The molecule has 0 saturated heterocycles. The Hall–Kier alpha value is -5.16. The Bertz CT molecular complexity index is 2000. The molecule has 0 amide bonds. The van der Waals surface area contributed by atoms with Crippen molar-refractivity contribution < 1.29 is 0 Å². The SMILES string of the molecule is c1ccc(-c2nc(N3c4ccccc4-c4nccc5c4c3nc3ccccc35)c3ccccc3n2)cc1. The third-order valence-electron chi connectivity index (χ3n) is 7.03. The van der Waals surface area contributed by atoms with Crippen LogP contribution >= 0.6 is 0 Å². The van der Waals surface area contributed by atoms with Crippen LogP contribution in [0.1, 0.15) is 0 Å². The summed E-state index contributed by atoms with van der Waals surface area (Å²) in [5.41, 5.74) is 5.80. The zero-order valence-corrected chi connectivity index (χ0v) is 19.7. The lowest BCUT2D eigenvalue weighted by atomic mass is 9.95. The summed E-state index contributed by atoms with van der Waals surface area (Å²) in [5.74, 6) is 2.31. The number of pyridine rings is 2. The average molecular weight is 474 g/mol. The highest BCUT2D eigenvalue weighted by atomic mass is 15.3. The molecule has 3 aromatic heterocycles. The summed E-state index contributed by atoms with van der Waals surface area (Å²) in [6, 6.07) is 37.0. The van der Waals surface area contributed by atoms with Crippen molar-refractivity contribution in [2.24, 2.45) is 0 Å². The predicted octanol–water partition coefficient (Wildman–Crippen LogP) is 7.84. The number of benzene rings is 4. The molecule has 0 fully saturated rings. The third kappa shape index (κ3) is 2.91. The fourth-order valence-corrected chi connectivity index (χ4v) is 5.39. The van der Waals surface area contributed by atoms with Gasteiger partial charge in [-0.05, 0) is 35.7 Å². The normalized spacial score (nSPS) is 12.3. The first-order chi connectivity index (χ1) is 18.4. The van der Waals surface area contributed by atoms with Crippen LogP contribution in [0.2, 0.25) is 0 Å². The van der Waals surface area contributed by atoms with Crippen molar-refractivity contribution in [2.45, 2.75) is 0 Å². The highest BCUT2D eigenvalue weighted by Gasteiger charge is 2.31. The summed E-state index contributed by atoms with van der Waals surface area (Å²) >= 11 is 0. The maximum absolute atomic E-state index is 5.23. The second-order valence-corrected chi connectivity index (χ2v) is 9.14. The van der Waals surface area contributed by atoms with Crippen LogP contribution in [0.5, 0.6) is 0 Å². The van der Waals surface area contributed by atoms with E-state index in [0.717, 1.165) is 66.7 Å². The van der Waals surface area contributed by atoms with Crippen LogP contribution in [0.3, 0.4) is 0 Å². The molecule has 7 aromatic rings. The first-order valence-electron chi connectivity index (χ1n) is 12.3. The quantitative estimate of drug-likeness (QED) is 0.239. The lowest BCUT2D eigenvalue weighted by Gasteiger charge is -2.32. The maximum Gasteiger partial charge on any atom is 0.162 e. The van der Waals surface area contributed by atoms with Gasteiger partial charge >= 0.3 is 0 Å². The lowest BCUT2D eigenvalue weighted by molar-refractivity contribution is 1.12. The van der Waals surface area contributed by atoms with Gasteiger partial charge in [0.05, 0.1) is 27.8 Å². The van der Waals surface area contributed by atoms with Crippen molar-refractivity contribution in [2.75, 3.05) is 4.90 Å². The van der Waals surface area contributed by atoms with Crippen molar-refractivity contribution in [1.29, 1.82) is 0 Å². The van der Waals surface area contributed by atoms with E-state index in [1.165, 1.54) is 0 Å². The van der Waals surface area contributed by atoms with Crippen molar-refractivity contribution >= 4 is 49.9 Å². The van der Waals surface area contributed by atoms with Crippen LogP contribution in [0, 0.1) is 0 Å². The van der Waals surface area contributed by atoms with E-state index in [4.69, 9.17) is 19.9 Å². The van der Waals surface area contributed by atoms with Crippen LogP contribution in [-0.4, -0.2) is 19.9 Å². The molecule has 5 nitrogen and oxygen atoms in total. The Labute approximate surface area is 212 Å². The molecule has 37 heavy (non-hydrogen) atoms. The van der Waals surface area contributed by atoms with Crippen LogP contribution in [0.15, 0.2) is 115 Å². The largest absolute Gasteiger partial charge is 0.277 e. The van der Waals surface area contributed by atoms with E-state index in [-0.39, 0.29) is 0 Å². The van der Waals surface area contributed by atoms with Crippen LogP contribution in [0.25, 0.3) is 55.2 Å². The Morgan fingerprint density at radius 2 is 1.22 bits per heavy atom.